The van der Waals surface area contributed by atoms with E-state index in [9.17, 15) is 0 Å². The van der Waals surface area contributed by atoms with Gasteiger partial charge in [-0.3, -0.25) is 0 Å². The standard InChI is InChI=1S/C51H32N4S/c1-4-13-33(14-5-1)36-19-12-20-40(29-36)55-45-28-25-37(38-23-27-43-42-21-10-11-22-47(42)56-48(43)32-38)30-44(45)41-26-24-39(31-46(41)55)51-53-49(34-15-6-2-7-16-34)52-50(54-51)35-17-8-3-9-18-35/h1-32H. The number of hydrogen-bond donors (Lipinski definition) is 0. The molecule has 0 fully saturated rings. The molecule has 0 aliphatic rings. The molecule has 0 atom stereocenters. The van der Waals surface area contributed by atoms with E-state index in [2.05, 4.69) is 138 Å². The van der Waals surface area contributed by atoms with Gasteiger partial charge in [0.2, 0.25) is 0 Å². The first kappa shape index (κ1) is 32.2. The van der Waals surface area contributed by atoms with Crippen LogP contribution in [0.2, 0.25) is 0 Å². The summed E-state index contributed by atoms with van der Waals surface area (Å²) in [6, 6.07) is 68.8. The average molecular weight is 733 g/mol. The van der Waals surface area contributed by atoms with Gasteiger partial charge in [-0.1, -0.05) is 152 Å². The topological polar surface area (TPSA) is 43.6 Å². The Morgan fingerprint density at radius 2 is 0.839 bits per heavy atom. The van der Waals surface area contributed by atoms with Crippen molar-refractivity contribution in [3.63, 3.8) is 0 Å². The van der Waals surface area contributed by atoms with E-state index in [1.165, 1.54) is 53.2 Å². The number of fused-ring (bicyclic) bond motifs is 6. The number of hydrogen-bond acceptors (Lipinski definition) is 4. The van der Waals surface area contributed by atoms with Crippen molar-refractivity contribution in [3.8, 4) is 62.1 Å². The number of rotatable bonds is 6. The van der Waals surface area contributed by atoms with Crippen molar-refractivity contribution in [3.05, 3.63) is 194 Å². The third-order valence-electron chi connectivity index (χ3n) is 10.6. The van der Waals surface area contributed by atoms with E-state index in [-0.39, 0.29) is 0 Å². The summed E-state index contributed by atoms with van der Waals surface area (Å²) in [6.45, 7) is 0. The monoisotopic (exact) mass is 732 g/mol. The van der Waals surface area contributed by atoms with E-state index >= 15 is 0 Å². The van der Waals surface area contributed by atoms with Crippen LogP contribution in [-0.4, -0.2) is 19.5 Å². The van der Waals surface area contributed by atoms with Crippen LogP contribution in [0.3, 0.4) is 0 Å². The van der Waals surface area contributed by atoms with E-state index in [0.29, 0.717) is 17.5 Å². The lowest BCUT2D eigenvalue weighted by molar-refractivity contribution is 1.07. The summed E-state index contributed by atoms with van der Waals surface area (Å²) in [5.74, 6) is 1.92. The number of aromatic nitrogens is 4. The molecule has 0 saturated heterocycles. The highest BCUT2D eigenvalue weighted by atomic mass is 32.1. The van der Waals surface area contributed by atoms with E-state index in [1.807, 2.05) is 72.0 Å². The summed E-state index contributed by atoms with van der Waals surface area (Å²) < 4.78 is 5.00. The first-order chi connectivity index (χ1) is 27.7. The summed E-state index contributed by atoms with van der Waals surface area (Å²) in [7, 11) is 0. The van der Waals surface area contributed by atoms with Crippen molar-refractivity contribution in [2.75, 3.05) is 0 Å². The van der Waals surface area contributed by atoms with Crippen molar-refractivity contribution in [2.24, 2.45) is 0 Å². The normalized spacial score (nSPS) is 11.6. The zero-order valence-electron chi connectivity index (χ0n) is 30.2. The predicted molar refractivity (Wildman–Crippen MR) is 234 cm³/mol. The van der Waals surface area contributed by atoms with Gasteiger partial charge in [0.25, 0.3) is 0 Å². The lowest BCUT2D eigenvalue weighted by atomic mass is 10.0. The SMILES string of the molecule is c1ccc(-c2cccc(-n3c4ccc(-c5ccc6c(c5)sc5ccccc56)cc4c4ccc(-c5nc(-c6ccccc6)nc(-c6ccccc6)n5)cc43)c2)cc1. The Balaban J connectivity index is 1.12. The van der Waals surface area contributed by atoms with Crippen molar-refractivity contribution < 1.29 is 0 Å². The van der Waals surface area contributed by atoms with Crippen LogP contribution >= 0.6 is 11.3 Å². The van der Waals surface area contributed by atoms with Crippen LogP contribution in [-0.2, 0) is 0 Å². The van der Waals surface area contributed by atoms with Gasteiger partial charge < -0.3 is 4.57 Å². The van der Waals surface area contributed by atoms with Crippen molar-refractivity contribution in [2.45, 2.75) is 0 Å². The fraction of sp³-hybridized carbons (Fsp3) is 0. The molecule has 5 heteroatoms. The maximum atomic E-state index is 5.08. The summed E-state index contributed by atoms with van der Waals surface area (Å²) in [5.41, 5.74) is 10.9. The van der Waals surface area contributed by atoms with Crippen LogP contribution < -0.4 is 0 Å². The molecular weight excluding hydrogens is 701 g/mol. The second kappa shape index (κ2) is 13.3. The van der Waals surface area contributed by atoms with Crippen LogP contribution in [0.4, 0.5) is 0 Å². The molecule has 262 valence electrons. The molecule has 0 N–H and O–H groups in total. The van der Waals surface area contributed by atoms with Crippen molar-refractivity contribution >= 4 is 53.3 Å². The Bertz CT molecular complexity index is 3180. The third kappa shape index (κ3) is 5.56. The zero-order valence-corrected chi connectivity index (χ0v) is 31.0. The minimum atomic E-state index is 0.631. The van der Waals surface area contributed by atoms with Gasteiger partial charge in [-0.15, -0.1) is 11.3 Å². The first-order valence-corrected chi connectivity index (χ1v) is 19.6. The van der Waals surface area contributed by atoms with Gasteiger partial charge in [0.1, 0.15) is 0 Å². The van der Waals surface area contributed by atoms with Crippen LogP contribution in [0.15, 0.2) is 194 Å². The van der Waals surface area contributed by atoms with Gasteiger partial charge in [-0.2, -0.15) is 0 Å². The quantitative estimate of drug-likeness (QED) is 0.171. The van der Waals surface area contributed by atoms with Crippen LogP contribution in [0.25, 0.3) is 104 Å². The second-order valence-corrected chi connectivity index (χ2v) is 15.1. The van der Waals surface area contributed by atoms with Crippen molar-refractivity contribution in [1.82, 2.24) is 19.5 Å². The fourth-order valence-corrected chi connectivity index (χ4v) is 9.06. The van der Waals surface area contributed by atoms with Crippen LogP contribution in [0.1, 0.15) is 0 Å². The largest absolute Gasteiger partial charge is 0.309 e. The van der Waals surface area contributed by atoms with Gasteiger partial charge >= 0.3 is 0 Å². The Labute approximate surface area is 327 Å². The molecule has 56 heavy (non-hydrogen) atoms. The highest BCUT2D eigenvalue weighted by molar-refractivity contribution is 7.25. The second-order valence-electron chi connectivity index (χ2n) is 14.1. The number of benzene rings is 8. The fourth-order valence-electron chi connectivity index (χ4n) is 7.92. The Morgan fingerprint density at radius 3 is 1.57 bits per heavy atom. The molecule has 0 amide bonds. The molecule has 4 nitrogen and oxygen atoms in total. The van der Waals surface area contributed by atoms with Crippen molar-refractivity contribution in [1.29, 1.82) is 0 Å². The van der Waals surface area contributed by atoms with E-state index in [4.69, 9.17) is 15.0 Å². The minimum Gasteiger partial charge on any atom is -0.309 e. The summed E-state index contributed by atoms with van der Waals surface area (Å²) in [6.07, 6.45) is 0. The lowest BCUT2D eigenvalue weighted by Crippen LogP contribution is -2.00. The number of thiophene rings is 1. The molecule has 8 aromatic carbocycles. The Kier molecular flexibility index (Phi) is 7.64. The molecule has 3 heterocycles. The molecule has 0 radical (unpaired) electrons. The highest BCUT2D eigenvalue weighted by Gasteiger charge is 2.18. The third-order valence-corrected chi connectivity index (χ3v) is 11.8. The Hall–Kier alpha value is -7.21. The van der Waals surface area contributed by atoms with Gasteiger partial charge in [0.15, 0.2) is 17.5 Å². The lowest BCUT2D eigenvalue weighted by Gasteiger charge is -2.12. The molecule has 0 spiro atoms. The molecule has 0 bridgehead atoms. The van der Waals surface area contributed by atoms with E-state index in [1.54, 1.807) is 0 Å². The van der Waals surface area contributed by atoms with Gasteiger partial charge in [-0.25, -0.2) is 15.0 Å². The minimum absolute atomic E-state index is 0.631. The predicted octanol–water partition coefficient (Wildman–Crippen LogP) is 13.7. The van der Waals surface area contributed by atoms with Gasteiger partial charge in [-0.05, 0) is 64.7 Å². The highest BCUT2D eigenvalue weighted by Crippen LogP contribution is 2.40. The molecule has 3 aromatic heterocycles. The van der Waals surface area contributed by atoms with Gasteiger partial charge in [0.05, 0.1) is 11.0 Å². The molecule has 11 aromatic rings. The van der Waals surface area contributed by atoms with Crippen LogP contribution in [0, 0.1) is 0 Å². The average Bonchev–Trinajstić information content (AvgIpc) is 3.82. The molecule has 0 saturated carbocycles. The van der Waals surface area contributed by atoms with Gasteiger partial charge in [0, 0.05) is 53.3 Å². The molecule has 0 aliphatic carbocycles. The summed E-state index contributed by atoms with van der Waals surface area (Å²) in [4.78, 5) is 15.1. The first-order valence-electron chi connectivity index (χ1n) is 18.8. The molecule has 11 rings (SSSR count). The zero-order chi connectivity index (χ0) is 37.0. The maximum Gasteiger partial charge on any atom is 0.164 e. The maximum absolute atomic E-state index is 5.08. The van der Waals surface area contributed by atoms with E-state index < -0.39 is 0 Å². The Morgan fingerprint density at radius 1 is 0.304 bits per heavy atom. The van der Waals surface area contributed by atoms with E-state index in [0.717, 1.165) is 33.4 Å². The number of nitrogens with zero attached hydrogens (tertiary/aromatic N) is 4. The molecule has 0 aliphatic heterocycles. The smallest absolute Gasteiger partial charge is 0.164 e. The summed E-state index contributed by atoms with van der Waals surface area (Å²) >= 11 is 1.86. The summed E-state index contributed by atoms with van der Waals surface area (Å²) in [5, 5.41) is 4.98. The van der Waals surface area contributed by atoms with Crippen LogP contribution in [0.5, 0.6) is 0 Å². The molecule has 0 unspecified atom stereocenters. The molecular formula is C51H32N4S.